The zero-order chi connectivity index (χ0) is 26.3. The molecule has 0 heterocycles. The lowest BCUT2D eigenvalue weighted by atomic mass is 9.68. The number of fused-ring (bicyclic) bond motifs is 3. The topological polar surface area (TPSA) is 18.5 Å². The Kier molecular flexibility index (Phi) is 6.57. The summed E-state index contributed by atoms with van der Waals surface area (Å²) in [5.74, 6) is 0.0717. The van der Waals surface area contributed by atoms with Gasteiger partial charge in [0.1, 0.15) is 11.5 Å². The van der Waals surface area contributed by atoms with Crippen LogP contribution in [0.15, 0.2) is 97.1 Å². The summed E-state index contributed by atoms with van der Waals surface area (Å²) in [4.78, 5) is 0. The third-order valence-electron chi connectivity index (χ3n) is 5.99. The van der Waals surface area contributed by atoms with Crippen molar-refractivity contribution in [2.24, 2.45) is 0 Å². The maximum Gasteiger partial charge on any atom is 0.479 e. The van der Waals surface area contributed by atoms with E-state index in [0.29, 0.717) is 0 Å². The molecule has 0 fully saturated rings. The second kappa shape index (κ2) is 9.57. The average molecular weight is 551 g/mol. The van der Waals surface area contributed by atoms with E-state index < -0.39 is 40.5 Å². The second-order valence-corrected chi connectivity index (χ2v) is 9.71. The van der Waals surface area contributed by atoms with E-state index in [2.05, 4.69) is 0 Å². The van der Waals surface area contributed by atoms with Crippen molar-refractivity contribution in [1.29, 1.82) is 0 Å². The van der Waals surface area contributed by atoms with Gasteiger partial charge >= 0.3 is 11.0 Å². The standard InChI is InChI=1S/C27H16F6O2S2/c28-26(29,30)36-34-19-13-9-17(10-14-19)25(18-11-15-20(16-12-18)35-37-27(31,32)33)23-7-3-1-5-21(23)22-6-2-4-8-24(22)25/h1-16H. The number of hydrogen-bond donors (Lipinski definition) is 0. The smallest absolute Gasteiger partial charge is 0.417 e. The lowest BCUT2D eigenvalue weighted by Crippen LogP contribution is -2.28. The molecule has 0 saturated carbocycles. The number of halogens is 6. The fourth-order valence-electron chi connectivity index (χ4n) is 4.74. The van der Waals surface area contributed by atoms with Crippen molar-refractivity contribution in [2.45, 2.75) is 16.4 Å². The molecule has 37 heavy (non-hydrogen) atoms. The summed E-state index contributed by atoms with van der Waals surface area (Å²) in [6.07, 6.45) is 0. The minimum Gasteiger partial charge on any atom is -0.417 e. The van der Waals surface area contributed by atoms with Gasteiger partial charge in [-0.3, -0.25) is 0 Å². The van der Waals surface area contributed by atoms with Gasteiger partial charge in [-0.1, -0.05) is 72.8 Å². The van der Waals surface area contributed by atoms with Gasteiger partial charge in [-0.05, 0) is 57.6 Å². The summed E-state index contributed by atoms with van der Waals surface area (Å²) in [5.41, 5.74) is -4.60. The Labute approximate surface area is 217 Å². The predicted octanol–water partition coefficient (Wildman–Crippen LogP) is 9.14. The van der Waals surface area contributed by atoms with E-state index in [0.717, 1.165) is 33.4 Å². The van der Waals surface area contributed by atoms with Crippen molar-refractivity contribution in [3.63, 3.8) is 0 Å². The summed E-state index contributed by atoms with van der Waals surface area (Å²) in [6, 6.07) is 28.3. The molecule has 2 nitrogen and oxygen atoms in total. The van der Waals surface area contributed by atoms with E-state index in [9.17, 15) is 26.3 Å². The molecule has 0 aliphatic heterocycles. The highest BCUT2D eigenvalue weighted by atomic mass is 32.2. The van der Waals surface area contributed by atoms with Crippen LogP contribution in [0.25, 0.3) is 11.1 Å². The molecule has 0 unspecified atom stereocenters. The van der Waals surface area contributed by atoms with Gasteiger partial charge in [0.15, 0.2) is 24.1 Å². The van der Waals surface area contributed by atoms with Crippen LogP contribution in [-0.2, 0) is 5.41 Å². The number of hydrogen-bond acceptors (Lipinski definition) is 4. The highest BCUT2D eigenvalue weighted by Crippen LogP contribution is 2.56. The van der Waals surface area contributed by atoms with Crippen molar-refractivity contribution >= 4 is 24.1 Å². The van der Waals surface area contributed by atoms with E-state index in [1.165, 1.54) is 24.3 Å². The second-order valence-electron chi connectivity index (χ2n) is 8.11. The number of benzene rings is 4. The molecular formula is C27H16F6O2S2. The molecule has 0 atom stereocenters. The molecule has 5 rings (SSSR count). The predicted molar refractivity (Wildman–Crippen MR) is 132 cm³/mol. The first-order valence-corrected chi connectivity index (χ1v) is 12.3. The fraction of sp³-hybridized carbons (Fsp3) is 0.111. The van der Waals surface area contributed by atoms with Gasteiger partial charge in [-0.2, -0.15) is 26.3 Å². The van der Waals surface area contributed by atoms with Crippen LogP contribution in [0.3, 0.4) is 0 Å². The van der Waals surface area contributed by atoms with Gasteiger partial charge < -0.3 is 8.37 Å². The van der Waals surface area contributed by atoms with Crippen molar-refractivity contribution in [1.82, 2.24) is 0 Å². The molecule has 0 bridgehead atoms. The van der Waals surface area contributed by atoms with Crippen LogP contribution in [-0.4, -0.2) is 11.0 Å². The maximum absolute atomic E-state index is 12.6. The summed E-state index contributed by atoms with van der Waals surface area (Å²) in [5, 5.41) is 0. The Morgan fingerprint density at radius 3 is 1.19 bits per heavy atom. The van der Waals surface area contributed by atoms with Gasteiger partial charge in [-0.25, -0.2) is 0 Å². The Balaban J connectivity index is 1.64. The van der Waals surface area contributed by atoms with E-state index in [1.807, 2.05) is 48.5 Å². The molecule has 0 aromatic heterocycles. The molecule has 1 aliphatic rings. The van der Waals surface area contributed by atoms with E-state index in [4.69, 9.17) is 8.37 Å². The molecule has 0 amide bonds. The summed E-state index contributed by atoms with van der Waals surface area (Å²) in [7, 11) is 0. The van der Waals surface area contributed by atoms with Crippen molar-refractivity contribution in [3.05, 3.63) is 119 Å². The van der Waals surface area contributed by atoms with Crippen LogP contribution in [0, 0.1) is 0 Å². The third kappa shape index (κ3) is 5.00. The lowest BCUT2D eigenvalue weighted by Gasteiger charge is -2.34. The van der Waals surface area contributed by atoms with Crippen LogP contribution in [0.1, 0.15) is 22.3 Å². The molecule has 10 heteroatoms. The van der Waals surface area contributed by atoms with Gasteiger partial charge in [0, 0.05) is 0 Å². The van der Waals surface area contributed by atoms with Gasteiger partial charge in [0.05, 0.1) is 5.41 Å². The number of alkyl halides is 6. The normalized spacial score (nSPS) is 14.1. The van der Waals surface area contributed by atoms with Crippen LogP contribution >= 0.6 is 24.1 Å². The Morgan fingerprint density at radius 2 is 0.838 bits per heavy atom. The molecule has 0 N–H and O–H groups in total. The summed E-state index contributed by atoms with van der Waals surface area (Å²) >= 11 is -1.18. The molecular weight excluding hydrogens is 534 g/mol. The Bertz CT molecular complexity index is 1290. The minimum atomic E-state index is -4.54. The zero-order valence-electron chi connectivity index (χ0n) is 18.6. The van der Waals surface area contributed by atoms with Crippen LogP contribution in [0.5, 0.6) is 11.5 Å². The first kappa shape index (κ1) is 25.4. The lowest BCUT2D eigenvalue weighted by molar-refractivity contribution is -0.0377. The molecule has 0 spiro atoms. The van der Waals surface area contributed by atoms with Crippen molar-refractivity contribution in [3.8, 4) is 22.6 Å². The number of rotatable bonds is 6. The largest absolute Gasteiger partial charge is 0.479 e. The molecule has 4 aromatic rings. The van der Waals surface area contributed by atoms with Crippen LogP contribution in [0.4, 0.5) is 26.3 Å². The minimum absolute atomic E-state index is 0.0358. The molecule has 190 valence electrons. The van der Waals surface area contributed by atoms with Crippen molar-refractivity contribution in [2.75, 3.05) is 0 Å². The summed E-state index contributed by atoms with van der Waals surface area (Å²) < 4.78 is 85.2. The van der Waals surface area contributed by atoms with Crippen LogP contribution < -0.4 is 8.37 Å². The van der Waals surface area contributed by atoms with Crippen LogP contribution in [0.2, 0.25) is 0 Å². The summed E-state index contributed by atoms with van der Waals surface area (Å²) in [6.45, 7) is 0. The van der Waals surface area contributed by atoms with Gasteiger partial charge in [0.2, 0.25) is 0 Å². The fourth-order valence-corrected chi connectivity index (χ4v) is 5.34. The third-order valence-corrected chi connectivity index (χ3v) is 6.92. The maximum atomic E-state index is 12.6. The highest BCUT2D eigenvalue weighted by molar-refractivity contribution is 7.96. The van der Waals surface area contributed by atoms with E-state index >= 15 is 0 Å². The monoisotopic (exact) mass is 550 g/mol. The SMILES string of the molecule is FC(F)(F)SOc1ccc(C2(c3ccc(OSC(F)(F)F)cc3)c3ccccc3-c3ccccc32)cc1. The van der Waals surface area contributed by atoms with Gasteiger partial charge in [0.25, 0.3) is 0 Å². The zero-order valence-corrected chi connectivity index (χ0v) is 20.3. The highest BCUT2D eigenvalue weighted by Gasteiger charge is 2.46. The quantitative estimate of drug-likeness (QED) is 0.155. The first-order chi connectivity index (χ1) is 17.6. The first-order valence-electron chi connectivity index (χ1n) is 10.8. The Hall–Kier alpha value is -3.24. The van der Waals surface area contributed by atoms with Gasteiger partial charge in [-0.15, -0.1) is 0 Å². The van der Waals surface area contributed by atoms with Crippen molar-refractivity contribution < 1.29 is 34.7 Å². The average Bonchev–Trinajstić information content (AvgIpc) is 3.17. The molecule has 0 saturated heterocycles. The van der Waals surface area contributed by atoms with E-state index in [-0.39, 0.29) is 11.5 Å². The Morgan fingerprint density at radius 1 is 0.486 bits per heavy atom. The van der Waals surface area contributed by atoms with E-state index in [1.54, 1.807) is 24.3 Å². The molecule has 4 aromatic carbocycles. The molecule has 0 radical (unpaired) electrons. The molecule has 1 aliphatic carbocycles.